The number of sulfone groups is 1. The minimum absolute atomic E-state index is 0.156. The molecular formula is C22H16F3N3O3S. The molecule has 0 saturated heterocycles. The van der Waals surface area contributed by atoms with Crippen LogP contribution in [0.4, 0.5) is 13.2 Å². The molecule has 32 heavy (non-hydrogen) atoms. The van der Waals surface area contributed by atoms with Gasteiger partial charge in [-0.1, -0.05) is 36.4 Å². The Kier molecular flexibility index (Phi) is 5.33. The van der Waals surface area contributed by atoms with Gasteiger partial charge in [0, 0.05) is 24.1 Å². The van der Waals surface area contributed by atoms with Gasteiger partial charge in [-0.2, -0.15) is 13.2 Å². The Hall–Kier alpha value is -3.53. The van der Waals surface area contributed by atoms with Gasteiger partial charge < -0.3 is 4.57 Å². The number of hydrogen-bond donors (Lipinski definition) is 0. The number of pyridine rings is 1. The van der Waals surface area contributed by atoms with E-state index in [0.717, 1.165) is 22.6 Å². The van der Waals surface area contributed by atoms with Crippen LogP contribution in [0.5, 0.6) is 0 Å². The van der Waals surface area contributed by atoms with E-state index in [4.69, 9.17) is 0 Å². The molecule has 0 saturated carbocycles. The molecule has 0 aliphatic heterocycles. The minimum atomic E-state index is -4.86. The number of halogens is 3. The van der Waals surface area contributed by atoms with Crippen LogP contribution in [-0.4, -0.2) is 29.2 Å². The van der Waals surface area contributed by atoms with Gasteiger partial charge in [0.05, 0.1) is 12.2 Å². The first-order valence-corrected chi connectivity index (χ1v) is 11.2. The molecule has 0 atom stereocenters. The molecule has 0 spiro atoms. The molecule has 2 heterocycles. The Bertz CT molecular complexity index is 1500. The molecule has 4 aromatic rings. The molecular weight excluding hydrogens is 443 g/mol. The van der Waals surface area contributed by atoms with Crippen LogP contribution in [0.25, 0.3) is 22.0 Å². The summed E-state index contributed by atoms with van der Waals surface area (Å²) in [5.41, 5.74) is -1.02. The van der Waals surface area contributed by atoms with Crippen molar-refractivity contribution in [3.8, 4) is 11.3 Å². The van der Waals surface area contributed by atoms with Gasteiger partial charge in [-0.05, 0) is 34.5 Å². The van der Waals surface area contributed by atoms with Crippen LogP contribution in [0, 0.1) is 0 Å². The van der Waals surface area contributed by atoms with Crippen molar-refractivity contribution in [2.45, 2.75) is 17.9 Å². The van der Waals surface area contributed by atoms with Gasteiger partial charge in [0.2, 0.25) is 15.0 Å². The zero-order valence-corrected chi connectivity index (χ0v) is 17.5. The number of rotatable bonds is 4. The van der Waals surface area contributed by atoms with Crippen LogP contribution in [0.2, 0.25) is 0 Å². The lowest BCUT2D eigenvalue weighted by molar-refractivity contribution is -0.141. The first-order chi connectivity index (χ1) is 15.0. The summed E-state index contributed by atoms with van der Waals surface area (Å²) in [6.07, 6.45) is -2.78. The quantitative estimate of drug-likeness (QED) is 0.432. The Balaban J connectivity index is 1.79. The van der Waals surface area contributed by atoms with Crippen LogP contribution in [-0.2, 0) is 22.6 Å². The first-order valence-electron chi connectivity index (χ1n) is 9.35. The third kappa shape index (κ3) is 4.54. The second-order valence-electron chi connectivity index (χ2n) is 7.26. The van der Waals surface area contributed by atoms with E-state index < -0.39 is 26.9 Å². The van der Waals surface area contributed by atoms with Crippen LogP contribution in [0.3, 0.4) is 0 Å². The molecule has 164 valence electrons. The second-order valence-corrected chi connectivity index (χ2v) is 9.17. The maximum atomic E-state index is 13.3. The number of alkyl halides is 3. The third-order valence-electron chi connectivity index (χ3n) is 4.77. The number of nitrogens with zero attached hydrogens (tertiary/aromatic N) is 3. The molecule has 2 aromatic heterocycles. The highest BCUT2D eigenvalue weighted by molar-refractivity contribution is 7.90. The van der Waals surface area contributed by atoms with Gasteiger partial charge in [-0.15, -0.1) is 0 Å². The Morgan fingerprint density at radius 1 is 0.938 bits per heavy atom. The smallest absolute Gasteiger partial charge is 0.310 e. The van der Waals surface area contributed by atoms with Gasteiger partial charge in [0.15, 0.2) is 0 Å². The molecule has 0 amide bonds. The molecule has 0 unspecified atom stereocenters. The van der Waals surface area contributed by atoms with E-state index >= 15 is 0 Å². The predicted molar refractivity (Wildman–Crippen MR) is 113 cm³/mol. The molecule has 2 aromatic carbocycles. The number of fused-ring (bicyclic) bond motifs is 1. The Labute approximate surface area is 180 Å². The van der Waals surface area contributed by atoms with Gasteiger partial charge in [0.25, 0.3) is 5.56 Å². The highest BCUT2D eigenvalue weighted by Gasteiger charge is 2.35. The van der Waals surface area contributed by atoms with Crippen LogP contribution < -0.4 is 5.56 Å². The van der Waals surface area contributed by atoms with Gasteiger partial charge in [-0.25, -0.2) is 18.4 Å². The molecule has 0 fully saturated rings. The minimum Gasteiger partial charge on any atom is -0.310 e. The van der Waals surface area contributed by atoms with E-state index in [1.54, 1.807) is 0 Å². The van der Waals surface area contributed by atoms with Crippen LogP contribution in [0.1, 0.15) is 11.3 Å². The van der Waals surface area contributed by atoms with Gasteiger partial charge in [-0.3, -0.25) is 4.79 Å². The van der Waals surface area contributed by atoms with Crippen molar-refractivity contribution < 1.29 is 21.6 Å². The molecule has 0 N–H and O–H groups in total. The van der Waals surface area contributed by atoms with Crippen LogP contribution in [0.15, 0.2) is 76.8 Å². The van der Waals surface area contributed by atoms with Crippen molar-refractivity contribution in [3.05, 3.63) is 88.5 Å². The Morgan fingerprint density at radius 3 is 2.34 bits per heavy atom. The molecule has 6 nitrogen and oxygen atoms in total. The first kappa shape index (κ1) is 21.7. The number of benzene rings is 2. The summed E-state index contributed by atoms with van der Waals surface area (Å²) in [7, 11) is -4.09. The van der Waals surface area contributed by atoms with E-state index in [9.17, 15) is 26.4 Å². The predicted octanol–water partition coefficient (Wildman–Crippen LogP) is 3.93. The molecule has 0 radical (unpaired) electrons. The average molecular weight is 459 g/mol. The molecule has 10 heteroatoms. The van der Waals surface area contributed by atoms with Gasteiger partial charge in [0.1, 0.15) is 5.69 Å². The highest BCUT2D eigenvalue weighted by Crippen LogP contribution is 2.31. The fraction of sp³-hybridized carbons (Fsp3) is 0.136. The summed E-state index contributed by atoms with van der Waals surface area (Å²) in [6, 6.07) is 16.6. The van der Waals surface area contributed by atoms with E-state index in [2.05, 4.69) is 9.97 Å². The average Bonchev–Trinajstić information content (AvgIpc) is 2.73. The SMILES string of the molecule is CS(=O)(=O)c1nc(-c2ccc(=O)n(Cc3ccc4ccccc4c3)c2)cc(C(F)(F)F)n1. The number of aromatic nitrogens is 3. The van der Waals surface area contributed by atoms with Crippen molar-refractivity contribution in [2.75, 3.05) is 6.26 Å². The third-order valence-corrected chi connectivity index (χ3v) is 5.62. The van der Waals surface area contributed by atoms with Crippen LogP contribution >= 0.6 is 0 Å². The fourth-order valence-corrected chi connectivity index (χ4v) is 3.75. The van der Waals surface area contributed by atoms with Crippen molar-refractivity contribution >= 4 is 20.6 Å². The van der Waals surface area contributed by atoms with E-state index in [0.29, 0.717) is 6.07 Å². The number of hydrogen-bond acceptors (Lipinski definition) is 5. The van der Waals surface area contributed by atoms with Crippen molar-refractivity contribution in [1.82, 2.24) is 14.5 Å². The summed E-state index contributed by atoms with van der Waals surface area (Å²) in [6.45, 7) is 0.174. The maximum Gasteiger partial charge on any atom is 0.433 e. The summed E-state index contributed by atoms with van der Waals surface area (Å²) in [5.74, 6) is 0. The molecule has 0 aliphatic rings. The normalized spacial score (nSPS) is 12.2. The van der Waals surface area contributed by atoms with Gasteiger partial charge >= 0.3 is 6.18 Å². The lowest BCUT2D eigenvalue weighted by atomic mass is 10.1. The summed E-state index contributed by atoms with van der Waals surface area (Å²) >= 11 is 0. The zero-order valence-electron chi connectivity index (χ0n) is 16.7. The lowest BCUT2D eigenvalue weighted by Crippen LogP contribution is -2.19. The van der Waals surface area contributed by atoms with E-state index in [-0.39, 0.29) is 23.4 Å². The second kappa shape index (κ2) is 7.86. The molecule has 4 rings (SSSR count). The zero-order chi connectivity index (χ0) is 23.1. The summed E-state index contributed by atoms with van der Waals surface area (Å²) in [4.78, 5) is 19.3. The lowest BCUT2D eigenvalue weighted by Gasteiger charge is -2.12. The standard InChI is InChI=1S/C22H16F3N3O3S/c1-32(30,31)21-26-18(11-19(27-21)22(23,24)25)17-8-9-20(29)28(13-17)12-14-6-7-15-4-2-3-5-16(15)10-14/h2-11,13H,12H2,1H3. The van der Waals surface area contributed by atoms with Crippen molar-refractivity contribution in [1.29, 1.82) is 0 Å². The molecule has 0 bridgehead atoms. The highest BCUT2D eigenvalue weighted by atomic mass is 32.2. The largest absolute Gasteiger partial charge is 0.433 e. The molecule has 0 aliphatic carbocycles. The topological polar surface area (TPSA) is 81.9 Å². The monoisotopic (exact) mass is 459 g/mol. The maximum absolute atomic E-state index is 13.3. The van der Waals surface area contributed by atoms with E-state index in [1.807, 2.05) is 42.5 Å². The van der Waals surface area contributed by atoms with Crippen molar-refractivity contribution in [2.24, 2.45) is 0 Å². The summed E-state index contributed by atoms with van der Waals surface area (Å²) < 4.78 is 64.8. The fourth-order valence-electron chi connectivity index (χ4n) is 3.22. The summed E-state index contributed by atoms with van der Waals surface area (Å²) in [5, 5.41) is 1.08. The van der Waals surface area contributed by atoms with Crippen molar-refractivity contribution in [3.63, 3.8) is 0 Å². The Morgan fingerprint density at radius 2 is 1.66 bits per heavy atom. The van der Waals surface area contributed by atoms with E-state index in [1.165, 1.54) is 22.9 Å².